The van der Waals surface area contributed by atoms with Crippen LogP contribution in [0.5, 0.6) is 0 Å². The van der Waals surface area contributed by atoms with Gasteiger partial charge in [-0.3, -0.25) is 9.59 Å². The molecule has 0 radical (unpaired) electrons. The molecule has 0 amide bonds. The second-order valence-corrected chi connectivity index (χ2v) is 11.0. The molecule has 3 aromatic heterocycles. The molecule has 0 atom stereocenters. The SMILES string of the molecule is CCC1=C(C)c2cc3[n-]c(cc4nc(cc5[n-]c(cc1n2)c(CC)c5C)C(C)=C4CCC(=O)O)c(CCC(=O)O)c3C.[Pd+2]. The van der Waals surface area contributed by atoms with Gasteiger partial charge in [0.15, 0.2) is 0 Å². The molecule has 0 spiro atoms. The van der Waals surface area contributed by atoms with Crippen molar-refractivity contribution < 1.29 is 40.2 Å². The Bertz CT molecular complexity index is 1860. The van der Waals surface area contributed by atoms with Crippen LogP contribution in [-0.2, 0) is 42.9 Å². The van der Waals surface area contributed by atoms with Gasteiger partial charge < -0.3 is 20.2 Å². The van der Waals surface area contributed by atoms with Crippen molar-refractivity contribution in [1.29, 1.82) is 0 Å². The predicted octanol–water partition coefficient (Wildman–Crippen LogP) is 6.90. The number of hydrogen-bond donors (Lipinski definition) is 2. The standard InChI is InChI=1S/C34H38N4O4.Pd/c1-7-21-17(3)25-13-27-19(5)23(9-11-33(39)40)31(37-27)16-32-24(10-12-34(41)42)20(6)28(38-32)14-26-18(4)22(8-2)30(36-26)15-29(21)35-25;/h13-16H,7-12H2,1-6H3,(H4,35,36,37,38,39,40,41,42);/q;+2/p-2. The molecule has 8 bridgehead atoms. The van der Waals surface area contributed by atoms with Crippen molar-refractivity contribution in [1.82, 2.24) is 19.9 Å². The van der Waals surface area contributed by atoms with Gasteiger partial charge in [0.05, 0.1) is 22.8 Å². The van der Waals surface area contributed by atoms with Crippen LogP contribution in [0.3, 0.4) is 0 Å². The molecule has 2 aliphatic rings. The van der Waals surface area contributed by atoms with Gasteiger partial charge in [-0.1, -0.05) is 60.4 Å². The van der Waals surface area contributed by atoms with E-state index in [2.05, 4.69) is 33.8 Å². The Labute approximate surface area is 265 Å². The van der Waals surface area contributed by atoms with E-state index in [0.29, 0.717) is 24.1 Å². The Balaban J connectivity index is 0.00000423. The maximum atomic E-state index is 11.5. The second-order valence-electron chi connectivity index (χ2n) is 11.0. The first-order valence-electron chi connectivity index (χ1n) is 14.5. The Kier molecular flexibility index (Phi) is 9.58. The van der Waals surface area contributed by atoms with Gasteiger partial charge in [0.2, 0.25) is 0 Å². The minimum Gasteiger partial charge on any atom is -0.657 e. The van der Waals surface area contributed by atoms with E-state index in [1.807, 2.05) is 32.0 Å². The average Bonchev–Trinajstić information content (AvgIpc) is 3.59. The van der Waals surface area contributed by atoms with Gasteiger partial charge in [-0.2, -0.15) is 0 Å². The number of rotatable bonds is 8. The topological polar surface area (TPSA) is 129 Å². The number of nitrogens with zero attached hydrogens (tertiary/aromatic N) is 4. The van der Waals surface area contributed by atoms with Crippen LogP contribution in [0, 0.1) is 13.8 Å². The number of aromatic nitrogens is 4. The van der Waals surface area contributed by atoms with Crippen molar-refractivity contribution in [2.24, 2.45) is 0 Å². The molecule has 0 aliphatic carbocycles. The zero-order valence-corrected chi connectivity index (χ0v) is 26.9. The number of fused-ring (bicyclic) bond motifs is 8. The van der Waals surface area contributed by atoms with E-state index in [-0.39, 0.29) is 33.3 Å². The smallest absolute Gasteiger partial charge is 0.657 e. The summed E-state index contributed by atoms with van der Waals surface area (Å²) in [5.74, 6) is -1.76. The fourth-order valence-corrected chi connectivity index (χ4v) is 6.06. The van der Waals surface area contributed by atoms with E-state index in [9.17, 15) is 19.8 Å². The minimum absolute atomic E-state index is 0. The van der Waals surface area contributed by atoms with Crippen LogP contribution in [0.25, 0.3) is 44.4 Å². The van der Waals surface area contributed by atoms with Crippen LogP contribution in [0.1, 0.15) is 98.4 Å². The summed E-state index contributed by atoms with van der Waals surface area (Å²) >= 11 is 0. The Morgan fingerprint density at radius 1 is 0.628 bits per heavy atom. The van der Waals surface area contributed by atoms with Gasteiger partial charge in [-0.05, 0) is 75.7 Å². The van der Waals surface area contributed by atoms with Crippen LogP contribution in [0.4, 0.5) is 0 Å². The molecule has 43 heavy (non-hydrogen) atoms. The number of allylic oxidation sites excluding steroid dienone is 4. The molecule has 2 aliphatic heterocycles. The number of hydrogen-bond acceptors (Lipinski definition) is 4. The minimum atomic E-state index is -0.878. The first kappa shape index (κ1) is 32.1. The van der Waals surface area contributed by atoms with E-state index in [4.69, 9.17) is 19.9 Å². The van der Waals surface area contributed by atoms with Crippen molar-refractivity contribution in [3.63, 3.8) is 0 Å². The van der Waals surface area contributed by atoms with Crippen LogP contribution < -0.4 is 9.97 Å². The maximum absolute atomic E-state index is 11.5. The zero-order valence-electron chi connectivity index (χ0n) is 25.4. The van der Waals surface area contributed by atoms with Gasteiger partial charge >= 0.3 is 32.4 Å². The average molecular weight is 671 g/mol. The second kappa shape index (κ2) is 12.8. The quantitative estimate of drug-likeness (QED) is 0.248. The van der Waals surface area contributed by atoms with Gasteiger partial charge in [-0.25, -0.2) is 9.97 Å². The number of carbonyl (C=O) groups is 2. The fraction of sp³-hybridized carbons (Fsp3) is 0.353. The summed E-state index contributed by atoms with van der Waals surface area (Å²) in [6.45, 7) is 12.3. The molecule has 5 rings (SSSR count). The Morgan fingerprint density at radius 2 is 1.07 bits per heavy atom. The predicted molar refractivity (Wildman–Crippen MR) is 166 cm³/mol. The van der Waals surface area contributed by atoms with Gasteiger partial charge in [0.1, 0.15) is 0 Å². The Hall–Kier alpha value is -3.80. The molecular weight excluding hydrogens is 635 g/mol. The summed E-state index contributed by atoms with van der Waals surface area (Å²) in [4.78, 5) is 43.1. The Morgan fingerprint density at radius 3 is 1.58 bits per heavy atom. The van der Waals surface area contributed by atoms with Crippen molar-refractivity contribution >= 4 is 56.3 Å². The molecule has 0 saturated heterocycles. The van der Waals surface area contributed by atoms with Crippen LogP contribution >= 0.6 is 0 Å². The molecule has 0 unspecified atom stereocenters. The van der Waals surface area contributed by atoms with Crippen molar-refractivity contribution in [2.45, 2.75) is 80.1 Å². The van der Waals surface area contributed by atoms with Crippen molar-refractivity contribution in [3.8, 4) is 0 Å². The van der Waals surface area contributed by atoms with E-state index < -0.39 is 11.9 Å². The normalized spacial score (nSPS) is 13.0. The molecule has 2 N–H and O–H groups in total. The van der Waals surface area contributed by atoms with Gasteiger partial charge in [-0.15, -0.1) is 22.1 Å². The molecule has 0 saturated carbocycles. The third-order valence-electron chi connectivity index (χ3n) is 8.53. The molecule has 0 aromatic carbocycles. The third-order valence-corrected chi connectivity index (χ3v) is 8.53. The fourth-order valence-electron chi connectivity index (χ4n) is 6.06. The molecule has 5 heterocycles. The summed E-state index contributed by atoms with van der Waals surface area (Å²) in [6, 6.07) is 7.93. The summed E-state index contributed by atoms with van der Waals surface area (Å²) < 4.78 is 0. The van der Waals surface area contributed by atoms with E-state index in [0.717, 1.165) is 79.9 Å². The number of carboxylic acids is 2. The molecule has 9 heteroatoms. The summed E-state index contributed by atoms with van der Waals surface area (Å²) in [5, 5.41) is 18.9. The summed E-state index contributed by atoms with van der Waals surface area (Å²) in [7, 11) is 0. The molecular formula is C34H36N4O4Pd. The van der Waals surface area contributed by atoms with E-state index >= 15 is 0 Å². The van der Waals surface area contributed by atoms with Crippen molar-refractivity contribution in [2.75, 3.05) is 0 Å². The van der Waals surface area contributed by atoms with Gasteiger partial charge in [0, 0.05) is 12.8 Å². The molecule has 0 fully saturated rings. The largest absolute Gasteiger partial charge is 2.00 e. The summed E-state index contributed by atoms with van der Waals surface area (Å²) in [5.41, 5.74) is 14.3. The van der Waals surface area contributed by atoms with Crippen LogP contribution in [0.15, 0.2) is 24.3 Å². The molecule has 8 nitrogen and oxygen atoms in total. The van der Waals surface area contributed by atoms with Gasteiger partial charge in [0.25, 0.3) is 0 Å². The number of aliphatic carboxylic acids is 2. The van der Waals surface area contributed by atoms with Crippen molar-refractivity contribution in [3.05, 3.63) is 69.3 Å². The molecule has 226 valence electrons. The zero-order chi connectivity index (χ0) is 30.3. The first-order valence-corrected chi connectivity index (χ1v) is 14.5. The number of carboxylic acid groups (broad SMARTS) is 2. The number of aryl methyl sites for hydroxylation is 4. The van der Waals surface area contributed by atoms with E-state index in [1.165, 1.54) is 11.1 Å². The third kappa shape index (κ3) is 6.15. The maximum Gasteiger partial charge on any atom is 2.00 e. The first-order chi connectivity index (χ1) is 20.0. The molecule has 3 aromatic rings. The van der Waals surface area contributed by atoms with E-state index in [1.54, 1.807) is 0 Å². The van der Waals surface area contributed by atoms with Crippen LogP contribution in [0.2, 0.25) is 0 Å². The van der Waals surface area contributed by atoms with Crippen LogP contribution in [-0.4, -0.2) is 32.1 Å². The summed E-state index contributed by atoms with van der Waals surface area (Å²) in [6.07, 6.45) is 2.24. The monoisotopic (exact) mass is 670 g/mol.